The second-order valence-corrected chi connectivity index (χ2v) is 10.5. The molecule has 0 radical (unpaired) electrons. The Labute approximate surface area is 259 Å². The first-order valence-corrected chi connectivity index (χ1v) is 14.2. The number of aromatic nitrogens is 4. The van der Waals surface area contributed by atoms with Crippen LogP contribution < -0.4 is 26.2 Å². The number of methoxy groups -OCH3 is 1. The van der Waals surface area contributed by atoms with Crippen molar-refractivity contribution in [3.63, 3.8) is 0 Å². The summed E-state index contributed by atoms with van der Waals surface area (Å²) in [5.41, 5.74) is 3.22. The van der Waals surface area contributed by atoms with Crippen molar-refractivity contribution in [3.8, 4) is 16.9 Å². The maximum Gasteiger partial charge on any atom is 0.273 e. The highest BCUT2D eigenvalue weighted by atomic mass is 16.5. The molecule has 1 saturated carbocycles. The van der Waals surface area contributed by atoms with Gasteiger partial charge in [-0.25, -0.2) is 4.79 Å². The fourth-order valence-electron chi connectivity index (χ4n) is 4.76. The Hall–Kier alpha value is -5.81. The zero-order valence-electron chi connectivity index (χ0n) is 25.2. The van der Waals surface area contributed by atoms with E-state index in [1.807, 2.05) is 18.1 Å². The number of nitrogens with one attached hydrogen (secondary N) is 3. The summed E-state index contributed by atoms with van der Waals surface area (Å²) in [6.07, 6.45) is 4.94. The van der Waals surface area contributed by atoms with Gasteiger partial charge in [0.05, 0.1) is 24.2 Å². The van der Waals surface area contributed by atoms with Gasteiger partial charge in [-0.3, -0.25) is 19.4 Å². The third-order valence-corrected chi connectivity index (χ3v) is 7.33. The molecule has 1 aliphatic rings. The second kappa shape index (κ2) is 13.2. The second-order valence-electron chi connectivity index (χ2n) is 10.5. The summed E-state index contributed by atoms with van der Waals surface area (Å²) in [6, 6.07) is 14.0. The van der Waals surface area contributed by atoms with Crippen LogP contribution in [0.1, 0.15) is 34.6 Å². The van der Waals surface area contributed by atoms with Crippen LogP contribution in [0.2, 0.25) is 0 Å². The number of benzene rings is 1. The number of carbonyl (C=O) groups excluding carboxylic acids is 3. The van der Waals surface area contributed by atoms with Gasteiger partial charge in [-0.15, -0.1) is 10.2 Å². The van der Waals surface area contributed by atoms with Crippen molar-refractivity contribution < 1.29 is 19.1 Å². The van der Waals surface area contributed by atoms with Crippen molar-refractivity contribution in [2.24, 2.45) is 13.0 Å². The van der Waals surface area contributed by atoms with Crippen LogP contribution in [-0.4, -0.2) is 63.6 Å². The quantitative estimate of drug-likeness (QED) is 0.216. The molecule has 3 aromatic heterocycles. The molecule has 1 fully saturated rings. The summed E-state index contributed by atoms with van der Waals surface area (Å²) >= 11 is 0. The van der Waals surface area contributed by atoms with Crippen molar-refractivity contribution in [1.82, 2.24) is 30.0 Å². The third kappa shape index (κ3) is 6.73. The van der Waals surface area contributed by atoms with E-state index in [0.29, 0.717) is 39.5 Å². The van der Waals surface area contributed by atoms with Gasteiger partial charge in [-0.05, 0) is 31.0 Å². The Morgan fingerprint density at radius 1 is 1.11 bits per heavy atom. The zero-order valence-corrected chi connectivity index (χ0v) is 25.2. The Morgan fingerprint density at radius 2 is 1.91 bits per heavy atom. The Bertz CT molecular complexity index is 1860. The molecule has 1 aromatic carbocycles. The van der Waals surface area contributed by atoms with E-state index in [1.165, 1.54) is 18.7 Å². The van der Waals surface area contributed by atoms with E-state index in [1.54, 1.807) is 67.8 Å². The summed E-state index contributed by atoms with van der Waals surface area (Å²) < 4.78 is 7.26. The van der Waals surface area contributed by atoms with E-state index in [2.05, 4.69) is 31.1 Å². The molecule has 230 valence electrons. The minimum Gasteiger partial charge on any atom is -0.494 e. The van der Waals surface area contributed by atoms with Crippen molar-refractivity contribution in [2.75, 3.05) is 31.8 Å². The number of para-hydroxylation sites is 1. The summed E-state index contributed by atoms with van der Waals surface area (Å²) in [4.78, 5) is 55.5. The maximum atomic E-state index is 12.6. The molecule has 0 saturated heterocycles. The van der Waals surface area contributed by atoms with Crippen LogP contribution in [0.4, 0.5) is 17.2 Å². The lowest BCUT2D eigenvalue weighted by Gasteiger charge is -2.20. The number of hydrogen-bond donors (Lipinski definition) is 3. The number of anilines is 3. The SMILES string of the molecule is CNC(=O)c1nnc(NC(=O)C2CC2)cc1Nc1cccc(-c2ccc(C(=C=O)N(C)Cc3cccn(C)c3=O)nc2)c1OC. The van der Waals surface area contributed by atoms with E-state index >= 15 is 0 Å². The molecule has 3 N–H and O–H groups in total. The highest BCUT2D eigenvalue weighted by molar-refractivity contribution is 6.00. The van der Waals surface area contributed by atoms with Crippen LogP contribution in [0.3, 0.4) is 0 Å². The highest BCUT2D eigenvalue weighted by Crippen LogP contribution is 2.38. The van der Waals surface area contributed by atoms with Crippen molar-refractivity contribution in [1.29, 1.82) is 0 Å². The first-order valence-electron chi connectivity index (χ1n) is 14.2. The number of hydrogen-bond acceptors (Lipinski definition) is 10. The lowest BCUT2D eigenvalue weighted by Crippen LogP contribution is -2.26. The van der Waals surface area contributed by atoms with Gasteiger partial charge >= 0.3 is 0 Å². The van der Waals surface area contributed by atoms with Gasteiger partial charge in [0.25, 0.3) is 11.5 Å². The number of rotatable bonds is 11. The molecule has 4 aromatic rings. The number of ether oxygens (including phenoxy) is 1. The van der Waals surface area contributed by atoms with E-state index in [4.69, 9.17) is 4.74 Å². The van der Waals surface area contributed by atoms with E-state index < -0.39 is 5.91 Å². The minimum atomic E-state index is -0.461. The van der Waals surface area contributed by atoms with Gasteiger partial charge in [-0.1, -0.05) is 24.3 Å². The molecule has 0 bridgehead atoms. The van der Waals surface area contributed by atoms with Gasteiger partial charge in [0.1, 0.15) is 11.4 Å². The van der Waals surface area contributed by atoms with E-state index in [-0.39, 0.29) is 41.1 Å². The lowest BCUT2D eigenvalue weighted by atomic mass is 10.0. The average Bonchev–Trinajstić information content (AvgIpc) is 3.90. The summed E-state index contributed by atoms with van der Waals surface area (Å²) in [5.74, 6) is 1.99. The van der Waals surface area contributed by atoms with Crippen LogP contribution in [0.15, 0.2) is 65.7 Å². The Kier molecular flexibility index (Phi) is 9.01. The van der Waals surface area contributed by atoms with Crippen LogP contribution in [0.25, 0.3) is 16.8 Å². The van der Waals surface area contributed by atoms with E-state index in [9.17, 15) is 19.2 Å². The van der Waals surface area contributed by atoms with Gasteiger partial charge in [0.15, 0.2) is 17.5 Å². The topological polar surface area (TPSA) is 160 Å². The number of amides is 2. The number of nitrogens with zero attached hydrogens (tertiary/aromatic N) is 5. The van der Waals surface area contributed by atoms with Gasteiger partial charge in [-0.2, -0.15) is 0 Å². The smallest absolute Gasteiger partial charge is 0.273 e. The first-order chi connectivity index (χ1) is 21.7. The number of aryl methyl sites for hydroxylation is 1. The summed E-state index contributed by atoms with van der Waals surface area (Å²) in [5, 5.41) is 16.6. The molecular weight excluding hydrogens is 576 g/mol. The fourth-order valence-corrected chi connectivity index (χ4v) is 4.76. The molecule has 0 unspecified atom stereocenters. The molecule has 3 heterocycles. The fraction of sp³-hybridized carbons (Fsp3) is 0.250. The Balaban J connectivity index is 1.42. The van der Waals surface area contributed by atoms with Gasteiger partial charge < -0.3 is 30.2 Å². The van der Waals surface area contributed by atoms with E-state index in [0.717, 1.165) is 12.8 Å². The van der Waals surface area contributed by atoms with Crippen molar-refractivity contribution >= 4 is 40.6 Å². The molecule has 0 spiro atoms. The molecule has 0 atom stereocenters. The molecule has 13 heteroatoms. The largest absolute Gasteiger partial charge is 0.494 e. The highest BCUT2D eigenvalue weighted by Gasteiger charge is 2.30. The minimum absolute atomic E-state index is 0.0324. The number of carbonyl (C=O) groups is 2. The Morgan fingerprint density at radius 3 is 2.58 bits per heavy atom. The van der Waals surface area contributed by atoms with Gasteiger partial charge in [0, 0.05) is 68.8 Å². The van der Waals surface area contributed by atoms with Crippen LogP contribution in [0, 0.1) is 5.92 Å². The van der Waals surface area contributed by atoms with Crippen molar-refractivity contribution in [2.45, 2.75) is 19.4 Å². The van der Waals surface area contributed by atoms with Gasteiger partial charge in [0.2, 0.25) is 5.91 Å². The van der Waals surface area contributed by atoms with Crippen LogP contribution in [0.5, 0.6) is 5.75 Å². The predicted octanol–water partition coefficient (Wildman–Crippen LogP) is 3.00. The van der Waals surface area contributed by atoms with Crippen LogP contribution >= 0.6 is 0 Å². The standard InChI is InChI=1S/C32H32N8O5/c1-33-31(43)28-25(15-27(37-38-28)36-30(42)19-10-11-19)35-24-9-5-8-22(29(24)45-4)20-12-13-23(34-16-20)26(18-41)40(3)17-21-7-6-14-39(2)32(21)44/h5-9,12-16,19H,10-11,17H2,1-4H3,(H,33,43)(H2,35,36,37,42). The molecule has 45 heavy (non-hydrogen) atoms. The molecule has 5 rings (SSSR count). The monoisotopic (exact) mass is 608 g/mol. The molecule has 1 aliphatic carbocycles. The normalized spacial score (nSPS) is 12.1. The predicted molar refractivity (Wildman–Crippen MR) is 169 cm³/mol. The molecule has 0 aliphatic heterocycles. The molecule has 13 nitrogen and oxygen atoms in total. The molecule has 2 amide bonds. The van der Waals surface area contributed by atoms with Crippen molar-refractivity contribution in [3.05, 3.63) is 88.2 Å². The lowest BCUT2D eigenvalue weighted by molar-refractivity contribution is -0.117. The molecular formula is C32H32N8O5. The van der Waals surface area contributed by atoms with Crippen LogP contribution in [-0.2, 0) is 23.2 Å². The number of pyridine rings is 2. The summed E-state index contributed by atoms with van der Waals surface area (Å²) in [7, 11) is 6.38. The first kappa shape index (κ1) is 30.6. The average molecular weight is 609 g/mol. The zero-order chi connectivity index (χ0) is 32.1. The summed E-state index contributed by atoms with van der Waals surface area (Å²) in [6.45, 7) is 0.205. The third-order valence-electron chi connectivity index (χ3n) is 7.33. The maximum absolute atomic E-state index is 12.6.